The predicted octanol–water partition coefficient (Wildman–Crippen LogP) is 3.97. The molecule has 102 valence electrons. The van der Waals surface area contributed by atoms with Crippen LogP contribution in [0.3, 0.4) is 0 Å². The molecule has 0 aliphatic heterocycles. The van der Waals surface area contributed by atoms with Gasteiger partial charge in [-0.25, -0.2) is 0 Å². The van der Waals surface area contributed by atoms with E-state index < -0.39 is 5.97 Å². The van der Waals surface area contributed by atoms with E-state index in [0.29, 0.717) is 5.92 Å². The number of hydrogen-bond donors (Lipinski definition) is 1. The zero-order valence-corrected chi connectivity index (χ0v) is 11.5. The Kier molecular flexibility index (Phi) is 3.31. The fourth-order valence-corrected chi connectivity index (χ4v) is 3.01. The fourth-order valence-electron chi connectivity index (χ4n) is 3.01. The van der Waals surface area contributed by atoms with Crippen molar-refractivity contribution in [2.24, 2.45) is 5.92 Å². The summed E-state index contributed by atoms with van der Waals surface area (Å²) in [6.07, 6.45) is 0.967. The summed E-state index contributed by atoms with van der Waals surface area (Å²) >= 11 is 0. The van der Waals surface area contributed by atoms with Gasteiger partial charge in [-0.3, -0.25) is 4.79 Å². The van der Waals surface area contributed by atoms with E-state index >= 15 is 0 Å². The Balaban J connectivity index is 1.83. The van der Waals surface area contributed by atoms with E-state index in [4.69, 9.17) is 0 Å². The van der Waals surface area contributed by atoms with Crippen molar-refractivity contribution < 1.29 is 9.90 Å². The summed E-state index contributed by atoms with van der Waals surface area (Å²) in [5.41, 5.74) is 3.34. The molecule has 2 heteroatoms. The van der Waals surface area contributed by atoms with Crippen LogP contribution in [-0.4, -0.2) is 11.1 Å². The second-order valence-corrected chi connectivity index (χ2v) is 5.64. The average Bonchev–Trinajstić information content (AvgIpc) is 3.22. The highest BCUT2D eigenvalue weighted by molar-refractivity contribution is 5.77. The summed E-state index contributed by atoms with van der Waals surface area (Å²) in [4.78, 5) is 11.6. The van der Waals surface area contributed by atoms with Crippen molar-refractivity contribution in [1.29, 1.82) is 0 Å². The summed E-state index contributed by atoms with van der Waals surface area (Å²) in [6.45, 7) is 2.02. The van der Waals surface area contributed by atoms with Crippen LogP contribution in [0.4, 0.5) is 0 Å². The largest absolute Gasteiger partial charge is 0.481 e. The third-order valence-electron chi connectivity index (χ3n) is 4.20. The highest BCUT2D eigenvalue weighted by Gasteiger charge is 2.47. The van der Waals surface area contributed by atoms with Gasteiger partial charge in [0.15, 0.2) is 0 Å². The van der Waals surface area contributed by atoms with Crippen LogP contribution in [0.2, 0.25) is 0 Å². The monoisotopic (exact) mass is 266 g/mol. The fraction of sp³-hybridized carbons (Fsp3) is 0.278. The van der Waals surface area contributed by atoms with E-state index in [-0.39, 0.29) is 11.8 Å². The quantitative estimate of drug-likeness (QED) is 0.909. The number of carboxylic acids is 1. The number of carboxylic acid groups (broad SMARTS) is 1. The molecule has 0 spiro atoms. The smallest absolute Gasteiger partial charge is 0.311 e. The van der Waals surface area contributed by atoms with Gasteiger partial charge in [0.05, 0.1) is 5.92 Å². The molecule has 1 N–H and O–H groups in total. The Morgan fingerprint density at radius 2 is 1.75 bits per heavy atom. The van der Waals surface area contributed by atoms with Gasteiger partial charge in [-0.05, 0) is 36.3 Å². The van der Waals surface area contributed by atoms with E-state index in [9.17, 15) is 9.90 Å². The Bertz CT molecular complexity index is 601. The lowest BCUT2D eigenvalue weighted by atomic mass is 9.91. The number of hydrogen-bond acceptors (Lipinski definition) is 1. The molecule has 0 saturated heterocycles. The van der Waals surface area contributed by atoms with Crippen molar-refractivity contribution in [2.75, 3.05) is 0 Å². The summed E-state index contributed by atoms with van der Waals surface area (Å²) in [6, 6.07) is 18.1. The number of aliphatic carboxylic acids is 1. The molecule has 3 rings (SSSR count). The van der Waals surface area contributed by atoms with E-state index in [1.54, 1.807) is 0 Å². The van der Waals surface area contributed by atoms with Crippen LogP contribution < -0.4 is 0 Å². The van der Waals surface area contributed by atoms with Crippen LogP contribution in [-0.2, 0) is 4.79 Å². The molecule has 1 aliphatic carbocycles. The Morgan fingerprint density at radius 1 is 1.10 bits per heavy atom. The highest BCUT2D eigenvalue weighted by Crippen LogP contribution is 2.55. The lowest BCUT2D eigenvalue weighted by molar-refractivity contribution is -0.139. The number of aryl methyl sites for hydroxylation is 1. The van der Waals surface area contributed by atoms with Crippen molar-refractivity contribution in [3.63, 3.8) is 0 Å². The van der Waals surface area contributed by atoms with Crippen molar-refractivity contribution in [3.8, 4) is 0 Å². The lowest BCUT2D eigenvalue weighted by Gasteiger charge is -2.13. The number of carbonyl (C=O) groups is 1. The first-order valence-corrected chi connectivity index (χ1v) is 7.01. The van der Waals surface area contributed by atoms with E-state index in [0.717, 1.165) is 17.5 Å². The number of rotatable bonds is 4. The molecule has 0 radical (unpaired) electrons. The van der Waals surface area contributed by atoms with Crippen molar-refractivity contribution in [3.05, 3.63) is 71.3 Å². The van der Waals surface area contributed by atoms with E-state index in [1.807, 2.05) is 49.4 Å². The third kappa shape index (κ3) is 2.46. The SMILES string of the molecule is Cc1ccc(C(C(=O)O)C2CC2c2ccccc2)cc1. The molecule has 2 aromatic carbocycles. The summed E-state index contributed by atoms with van der Waals surface area (Å²) in [5.74, 6) is -0.491. The number of benzene rings is 2. The molecular formula is C18H18O2. The van der Waals surface area contributed by atoms with Gasteiger partial charge in [-0.1, -0.05) is 60.2 Å². The molecule has 3 unspecified atom stereocenters. The summed E-state index contributed by atoms with van der Waals surface area (Å²) < 4.78 is 0. The lowest BCUT2D eigenvalue weighted by Crippen LogP contribution is -2.14. The second kappa shape index (κ2) is 5.12. The maximum absolute atomic E-state index is 11.6. The van der Waals surface area contributed by atoms with Crippen LogP contribution in [0.25, 0.3) is 0 Å². The van der Waals surface area contributed by atoms with E-state index in [2.05, 4.69) is 12.1 Å². The van der Waals surface area contributed by atoms with Crippen LogP contribution in [0.15, 0.2) is 54.6 Å². The highest BCUT2D eigenvalue weighted by atomic mass is 16.4. The minimum Gasteiger partial charge on any atom is -0.481 e. The van der Waals surface area contributed by atoms with Crippen LogP contribution in [0, 0.1) is 12.8 Å². The van der Waals surface area contributed by atoms with Gasteiger partial charge in [0.25, 0.3) is 0 Å². The molecule has 3 atom stereocenters. The second-order valence-electron chi connectivity index (χ2n) is 5.64. The Labute approximate surface area is 119 Å². The molecule has 0 heterocycles. The average molecular weight is 266 g/mol. The molecular weight excluding hydrogens is 248 g/mol. The van der Waals surface area contributed by atoms with Gasteiger partial charge in [-0.2, -0.15) is 0 Å². The van der Waals surface area contributed by atoms with Gasteiger partial charge in [0.1, 0.15) is 0 Å². The molecule has 0 amide bonds. The Hall–Kier alpha value is -2.09. The van der Waals surface area contributed by atoms with Gasteiger partial charge in [-0.15, -0.1) is 0 Å². The maximum Gasteiger partial charge on any atom is 0.311 e. The molecule has 1 saturated carbocycles. The first-order chi connectivity index (χ1) is 9.66. The molecule has 1 aliphatic rings. The topological polar surface area (TPSA) is 37.3 Å². The third-order valence-corrected chi connectivity index (χ3v) is 4.20. The van der Waals surface area contributed by atoms with Crippen LogP contribution >= 0.6 is 0 Å². The zero-order chi connectivity index (χ0) is 14.1. The van der Waals surface area contributed by atoms with Crippen molar-refractivity contribution in [1.82, 2.24) is 0 Å². The van der Waals surface area contributed by atoms with Gasteiger partial charge in [0, 0.05) is 0 Å². The first-order valence-electron chi connectivity index (χ1n) is 7.01. The predicted molar refractivity (Wildman–Crippen MR) is 78.8 cm³/mol. The molecule has 2 aromatic rings. The van der Waals surface area contributed by atoms with Crippen LogP contribution in [0.5, 0.6) is 0 Å². The van der Waals surface area contributed by atoms with E-state index in [1.165, 1.54) is 5.56 Å². The normalized spacial score (nSPS) is 22.2. The van der Waals surface area contributed by atoms with Gasteiger partial charge >= 0.3 is 5.97 Å². The zero-order valence-electron chi connectivity index (χ0n) is 11.5. The maximum atomic E-state index is 11.6. The first kappa shape index (κ1) is 12.9. The van der Waals surface area contributed by atoms with Crippen molar-refractivity contribution in [2.45, 2.75) is 25.2 Å². The van der Waals surface area contributed by atoms with Gasteiger partial charge < -0.3 is 5.11 Å². The molecule has 0 aromatic heterocycles. The molecule has 20 heavy (non-hydrogen) atoms. The van der Waals surface area contributed by atoms with Crippen LogP contribution in [0.1, 0.15) is 34.9 Å². The van der Waals surface area contributed by atoms with Crippen molar-refractivity contribution >= 4 is 5.97 Å². The summed E-state index contributed by atoms with van der Waals surface area (Å²) in [5, 5.41) is 9.57. The minimum atomic E-state index is -0.711. The minimum absolute atomic E-state index is 0.220. The Morgan fingerprint density at radius 3 is 2.35 bits per heavy atom. The molecule has 1 fully saturated rings. The molecule has 2 nitrogen and oxygen atoms in total. The molecule has 0 bridgehead atoms. The van der Waals surface area contributed by atoms with Gasteiger partial charge in [0.2, 0.25) is 0 Å². The summed E-state index contributed by atoms with van der Waals surface area (Å²) in [7, 11) is 0. The standard InChI is InChI=1S/C18H18O2/c1-12-7-9-14(10-8-12)17(18(19)20)16-11-15(16)13-5-3-2-4-6-13/h2-10,15-17H,11H2,1H3,(H,19,20).